The lowest BCUT2D eigenvalue weighted by atomic mass is 10.1. The van der Waals surface area contributed by atoms with Gasteiger partial charge >= 0.3 is 0 Å². The van der Waals surface area contributed by atoms with Gasteiger partial charge in [-0.15, -0.1) is 0 Å². The maximum Gasteiger partial charge on any atom is 0.127 e. The highest BCUT2D eigenvalue weighted by Gasteiger charge is 2.21. The molecule has 1 aliphatic heterocycles. The standard InChI is InChI=1S/C16H22ClN3/c1-2-10-20-15-11-12(17)7-8-13(15)19-16(20)14-6-4-3-5-9-18-14/h7-8,11,14,18H,2-6,9-10H2,1H3. The van der Waals surface area contributed by atoms with Crippen LogP contribution >= 0.6 is 11.6 Å². The van der Waals surface area contributed by atoms with E-state index in [2.05, 4.69) is 16.8 Å². The number of hydrogen-bond acceptors (Lipinski definition) is 2. The zero-order chi connectivity index (χ0) is 13.9. The summed E-state index contributed by atoms with van der Waals surface area (Å²) in [4.78, 5) is 4.88. The molecule has 2 aromatic rings. The number of hydrogen-bond donors (Lipinski definition) is 1. The number of rotatable bonds is 3. The number of aryl methyl sites for hydroxylation is 1. The Morgan fingerprint density at radius 2 is 2.25 bits per heavy atom. The van der Waals surface area contributed by atoms with E-state index in [-0.39, 0.29) is 0 Å². The fourth-order valence-corrected chi connectivity index (χ4v) is 3.25. The number of imidazole rings is 1. The lowest BCUT2D eigenvalue weighted by Gasteiger charge is -2.17. The summed E-state index contributed by atoms with van der Waals surface area (Å²) in [7, 11) is 0. The third-order valence-corrected chi connectivity index (χ3v) is 4.29. The quantitative estimate of drug-likeness (QED) is 0.913. The smallest absolute Gasteiger partial charge is 0.127 e. The first-order chi connectivity index (χ1) is 9.79. The first-order valence-corrected chi connectivity index (χ1v) is 8.06. The number of nitrogens with one attached hydrogen (secondary N) is 1. The molecule has 0 bridgehead atoms. The van der Waals surface area contributed by atoms with Gasteiger partial charge in [0.1, 0.15) is 5.82 Å². The van der Waals surface area contributed by atoms with Crippen molar-refractivity contribution in [3.8, 4) is 0 Å². The van der Waals surface area contributed by atoms with Gasteiger partial charge in [-0.3, -0.25) is 0 Å². The van der Waals surface area contributed by atoms with E-state index in [1.807, 2.05) is 18.2 Å². The molecule has 1 saturated heterocycles. The van der Waals surface area contributed by atoms with Gasteiger partial charge in [-0.05, 0) is 44.0 Å². The molecule has 1 aromatic carbocycles. The van der Waals surface area contributed by atoms with Gasteiger partial charge in [-0.1, -0.05) is 31.4 Å². The highest BCUT2D eigenvalue weighted by atomic mass is 35.5. The molecule has 0 spiro atoms. The molecule has 4 heteroatoms. The predicted octanol–water partition coefficient (Wildman–Crippen LogP) is 4.30. The van der Waals surface area contributed by atoms with Crippen LogP contribution in [0.25, 0.3) is 11.0 Å². The highest BCUT2D eigenvalue weighted by Crippen LogP contribution is 2.28. The summed E-state index contributed by atoms with van der Waals surface area (Å²) in [5.74, 6) is 1.19. The summed E-state index contributed by atoms with van der Waals surface area (Å²) >= 11 is 6.16. The van der Waals surface area contributed by atoms with Crippen LogP contribution in [0.2, 0.25) is 5.02 Å². The van der Waals surface area contributed by atoms with Gasteiger partial charge in [-0.2, -0.15) is 0 Å². The molecule has 3 nitrogen and oxygen atoms in total. The van der Waals surface area contributed by atoms with Gasteiger partial charge in [0.25, 0.3) is 0 Å². The molecule has 1 aliphatic rings. The van der Waals surface area contributed by atoms with Gasteiger partial charge in [0.15, 0.2) is 0 Å². The SMILES string of the molecule is CCCn1c(C2CCCCCN2)nc2ccc(Cl)cc21. The number of nitrogens with zero attached hydrogens (tertiary/aromatic N) is 2. The molecule has 1 N–H and O–H groups in total. The summed E-state index contributed by atoms with van der Waals surface area (Å²) in [6.07, 6.45) is 6.17. The molecule has 0 radical (unpaired) electrons. The third kappa shape index (κ3) is 2.70. The van der Waals surface area contributed by atoms with Crippen LogP contribution < -0.4 is 5.32 Å². The zero-order valence-corrected chi connectivity index (χ0v) is 12.8. The minimum Gasteiger partial charge on any atom is -0.327 e. The first-order valence-electron chi connectivity index (χ1n) is 7.68. The fourth-order valence-electron chi connectivity index (χ4n) is 3.09. The Bertz CT molecular complexity index is 583. The van der Waals surface area contributed by atoms with Crippen molar-refractivity contribution in [3.63, 3.8) is 0 Å². The molecular formula is C16H22ClN3. The molecule has 0 amide bonds. The van der Waals surface area contributed by atoms with Crippen LogP contribution in [0.15, 0.2) is 18.2 Å². The second-order valence-corrected chi connectivity index (χ2v) is 6.05. The summed E-state index contributed by atoms with van der Waals surface area (Å²) in [5, 5.41) is 4.44. The Morgan fingerprint density at radius 3 is 3.10 bits per heavy atom. The van der Waals surface area contributed by atoms with Crippen molar-refractivity contribution in [1.82, 2.24) is 14.9 Å². The Morgan fingerprint density at radius 1 is 1.35 bits per heavy atom. The average molecular weight is 292 g/mol. The van der Waals surface area contributed by atoms with Crippen molar-refractivity contribution in [2.24, 2.45) is 0 Å². The van der Waals surface area contributed by atoms with E-state index < -0.39 is 0 Å². The van der Waals surface area contributed by atoms with Crippen molar-refractivity contribution < 1.29 is 0 Å². The first kappa shape index (κ1) is 13.9. The van der Waals surface area contributed by atoms with Crippen LogP contribution in [-0.2, 0) is 6.54 Å². The molecule has 20 heavy (non-hydrogen) atoms. The molecule has 1 fully saturated rings. The number of fused-ring (bicyclic) bond motifs is 1. The lowest BCUT2D eigenvalue weighted by Crippen LogP contribution is -2.23. The number of aromatic nitrogens is 2. The molecule has 1 aromatic heterocycles. The zero-order valence-electron chi connectivity index (χ0n) is 12.0. The van der Waals surface area contributed by atoms with E-state index >= 15 is 0 Å². The van der Waals surface area contributed by atoms with Crippen LogP contribution in [0, 0.1) is 0 Å². The van der Waals surface area contributed by atoms with Crippen LogP contribution in [0.4, 0.5) is 0 Å². The Hall–Kier alpha value is -1.06. The summed E-state index contributed by atoms with van der Waals surface area (Å²) in [6.45, 7) is 4.31. The third-order valence-electron chi connectivity index (χ3n) is 4.06. The van der Waals surface area contributed by atoms with E-state index in [1.54, 1.807) is 0 Å². The van der Waals surface area contributed by atoms with Crippen LogP contribution in [0.1, 0.15) is 50.9 Å². The lowest BCUT2D eigenvalue weighted by molar-refractivity contribution is 0.480. The normalized spacial score (nSPS) is 20.2. The molecule has 1 unspecified atom stereocenters. The second kappa shape index (κ2) is 6.15. The minimum absolute atomic E-state index is 0.384. The topological polar surface area (TPSA) is 29.9 Å². The number of halogens is 1. The molecule has 0 saturated carbocycles. The van der Waals surface area contributed by atoms with Gasteiger partial charge < -0.3 is 9.88 Å². The molecule has 2 heterocycles. The average Bonchev–Trinajstić information content (AvgIpc) is 2.65. The van der Waals surface area contributed by atoms with Gasteiger partial charge in [0.05, 0.1) is 17.1 Å². The maximum absolute atomic E-state index is 6.16. The van der Waals surface area contributed by atoms with Crippen molar-refractivity contribution in [2.75, 3.05) is 6.54 Å². The van der Waals surface area contributed by atoms with Crippen molar-refractivity contribution in [2.45, 2.75) is 51.6 Å². The Balaban J connectivity index is 2.05. The van der Waals surface area contributed by atoms with E-state index in [9.17, 15) is 0 Å². The minimum atomic E-state index is 0.384. The molecule has 3 rings (SSSR count). The Labute approximate surface area is 125 Å². The van der Waals surface area contributed by atoms with Crippen molar-refractivity contribution >= 4 is 22.6 Å². The van der Waals surface area contributed by atoms with E-state index in [0.29, 0.717) is 6.04 Å². The maximum atomic E-state index is 6.16. The van der Waals surface area contributed by atoms with E-state index in [0.717, 1.165) is 30.0 Å². The highest BCUT2D eigenvalue weighted by molar-refractivity contribution is 6.31. The summed E-state index contributed by atoms with van der Waals surface area (Å²) in [5.41, 5.74) is 2.23. The van der Waals surface area contributed by atoms with Crippen LogP contribution in [0.5, 0.6) is 0 Å². The van der Waals surface area contributed by atoms with Crippen molar-refractivity contribution in [1.29, 1.82) is 0 Å². The van der Waals surface area contributed by atoms with Crippen LogP contribution in [0.3, 0.4) is 0 Å². The Kier molecular flexibility index (Phi) is 4.27. The van der Waals surface area contributed by atoms with Gasteiger partial charge in [-0.25, -0.2) is 4.98 Å². The molecule has 108 valence electrons. The largest absolute Gasteiger partial charge is 0.327 e. The molecular weight excluding hydrogens is 270 g/mol. The number of benzene rings is 1. The van der Waals surface area contributed by atoms with Gasteiger partial charge in [0, 0.05) is 11.6 Å². The summed E-state index contributed by atoms with van der Waals surface area (Å²) in [6, 6.07) is 6.39. The molecule has 0 aliphatic carbocycles. The van der Waals surface area contributed by atoms with Crippen molar-refractivity contribution in [3.05, 3.63) is 29.0 Å². The van der Waals surface area contributed by atoms with E-state index in [1.165, 1.54) is 37.0 Å². The van der Waals surface area contributed by atoms with Gasteiger partial charge in [0.2, 0.25) is 0 Å². The summed E-state index contributed by atoms with van der Waals surface area (Å²) < 4.78 is 2.35. The predicted molar refractivity (Wildman–Crippen MR) is 84.2 cm³/mol. The monoisotopic (exact) mass is 291 g/mol. The molecule has 1 atom stereocenters. The fraction of sp³-hybridized carbons (Fsp3) is 0.562. The van der Waals surface area contributed by atoms with Crippen LogP contribution in [-0.4, -0.2) is 16.1 Å². The van der Waals surface area contributed by atoms with E-state index in [4.69, 9.17) is 16.6 Å². The second-order valence-electron chi connectivity index (χ2n) is 5.61.